The fraction of sp³-hybridized carbons (Fsp3) is 0.154. The van der Waals surface area contributed by atoms with E-state index in [0.29, 0.717) is 41.3 Å². The van der Waals surface area contributed by atoms with Crippen molar-refractivity contribution in [3.8, 4) is 17.2 Å². The summed E-state index contributed by atoms with van der Waals surface area (Å²) in [5, 5.41) is 12.4. The molecule has 0 saturated heterocycles. The number of ketones is 1. The van der Waals surface area contributed by atoms with Crippen LogP contribution in [-0.4, -0.2) is 40.8 Å². The summed E-state index contributed by atoms with van der Waals surface area (Å²) in [6.45, 7) is 0.710. The zero-order chi connectivity index (χ0) is 25.2. The average molecular weight is 528 g/mol. The van der Waals surface area contributed by atoms with Crippen LogP contribution in [0.4, 0.5) is 4.39 Å². The number of halogens is 1. The van der Waals surface area contributed by atoms with Crippen molar-refractivity contribution in [1.82, 2.24) is 8.75 Å². The van der Waals surface area contributed by atoms with Gasteiger partial charge in [0.15, 0.2) is 28.8 Å². The Kier molecular flexibility index (Phi) is 8.23. The summed E-state index contributed by atoms with van der Waals surface area (Å²) >= 11 is 0.989. The van der Waals surface area contributed by atoms with Crippen molar-refractivity contribution in [2.75, 3.05) is 20.3 Å². The summed E-state index contributed by atoms with van der Waals surface area (Å²) in [5.41, 5.74) is 1.48. The molecule has 4 aromatic rings. The second kappa shape index (κ2) is 11.4. The third kappa shape index (κ3) is 5.52. The van der Waals surface area contributed by atoms with Crippen LogP contribution in [0.1, 0.15) is 21.5 Å². The first-order valence-corrected chi connectivity index (χ1v) is 11.6. The molecule has 5 rings (SSSR count). The number of ether oxygens (including phenoxy) is 3. The number of hydrogen-bond acceptors (Lipinski definition) is 9. The van der Waals surface area contributed by atoms with E-state index in [2.05, 4.69) is 8.75 Å². The first-order valence-electron chi connectivity index (χ1n) is 10.9. The SMILES string of the molecule is COc1ccc(C/C(C(=O)c2ccc3c(c2)OCCO3)=C(\C(=O)[O-])c2ccc3nsnc3c2)cc1F.[Na+]. The number of carboxylic acids is 1. The Balaban J connectivity index is 0.00000320. The average Bonchev–Trinajstić information content (AvgIpc) is 3.35. The van der Waals surface area contributed by atoms with Crippen LogP contribution in [0.5, 0.6) is 17.2 Å². The summed E-state index contributed by atoms with van der Waals surface area (Å²) in [7, 11) is 1.34. The molecule has 8 nitrogen and oxygen atoms in total. The predicted octanol–water partition coefficient (Wildman–Crippen LogP) is 0.243. The summed E-state index contributed by atoms with van der Waals surface area (Å²) in [5.74, 6) is -1.85. The van der Waals surface area contributed by atoms with E-state index in [9.17, 15) is 19.1 Å². The van der Waals surface area contributed by atoms with Crippen molar-refractivity contribution in [2.24, 2.45) is 0 Å². The number of carbonyl (C=O) groups excluding carboxylic acids is 2. The third-order valence-corrected chi connectivity index (χ3v) is 6.28. The fourth-order valence-electron chi connectivity index (χ4n) is 4.02. The minimum Gasteiger partial charge on any atom is -0.545 e. The number of Topliss-reactive ketones (excluding diaryl/α,β-unsaturated/α-hetero) is 1. The minimum atomic E-state index is -1.55. The summed E-state index contributed by atoms with van der Waals surface area (Å²) in [6.07, 6.45) is -0.176. The molecule has 0 atom stereocenters. The largest absolute Gasteiger partial charge is 1.00 e. The van der Waals surface area contributed by atoms with Crippen LogP contribution < -0.4 is 48.9 Å². The van der Waals surface area contributed by atoms with Crippen LogP contribution in [0.2, 0.25) is 0 Å². The number of rotatable bonds is 7. The molecule has 1 aliphatic heterocycles. The second-order valence-electron chi connectivity index (χ2n) is 7.94. The van der Waals surface area contributed by atoms with E-state index in [4.69, 9.17) is 14.2 Å². The molecule has 0 N–H and O–H groups in total. The number of methoxy groups -OCH3 is 1. The second-order valence-corrected chi connectivity index (χ2v) is 8.47. The molecule has 2 heterocycles. The van der Waals surface area contributed by atoms with Crippen molar-refractivity contribution >= 4 is 40.1 Å². The smallest absolute Gasteiger partial charge is 0.545 e. The van der Waals surface area contributed by atoms with E-state index in [1.54, 1.807) is 24.3 Å². The number of carbonyl (C=O) groups is 2. The predicted molar refractivity (Wildman–Crippen MR) is 128 cm³/mol. The van der Waals surface area contributed by atoms with Crippen molar-refractivity contribution in [3.05, 3.63) is 82.7 Å². The quantitative estimate of drug-likeness (QED) is 0.191. The monoisotopic (exact) mass is 528 g/mol. The normalized spacial score (nSPS) is 12.9. The number of nitrogens with zero attached hydrogens (tertiary/aromatic N) is 2. The molecule has 11 heteroatoms. The van der Waals surface area contributed by atoms with Crippen LogP contribution in [0.25, 0.3) is 16.6 Å². The van der Waals surface area contributed by atoms with Gasteiger partial charge in [-0.05, 0) is 53.6 Å². The Morgan fingerprint density at radius 2 is 1.70 bits per heavy atom. The van der Waals surface area contributed by atoms with Crippen molar-refractivity contribution in [3.63, 3.8) is 0 Å². The van der Waals surface area contributed by atoms with Crippen LogP contribution in [0.15, 0.2) is 60.2 Å². The van der Waals surface area contributed by atoms with Crippen LogP contribution in [0.3, 0.4) is 0 Å². The van der Waals surface area contributed by atoms with Gasteiger partial charge in [0.05, 0.1) is 24.8 Å². The number of allylic oxidation sites excluding steroid dienone is 1. The number of aromatic nitrogens is 2. The molecule has 182 valence electrons. The number of carboxylic acid groups (broad SMARTS) is 1. The van der Waals surface area contributed by atoms with Crippen molar-refractivity contribution < 1.29 is 62.9 Å². The molecule has 0 aliphatic carbocycles. The number of aliphatic carboxylic acids is 1. The molecule has 0 unspecified atom stereocenters. The summed E-state index contributed by atoms with van der Waals surface area (Å²) < 4.78 is 38.8. The molecule has 1 aromatic heterocycles. The molecule has 0 saturated carbocycles. The van der Waals surface area contributed by atoms with Crippen molar-refractivity contribution in [2.45, 2.75) is 6.42 Å². The first-order chi connectivity index (χ1) is 17.4. The van der Waals surface area contributed by atoms with E-state index >= 15 is 0 Å². The Labute approximate surface area is 237 Å². The third-order valence-electron chi connectivity index (χ3n) is 5.72. The summed E-state index contributed by atoms with van der Waals surface area (Å²) in [4.78, 5) is 26.2. The van der Waals surface area contributed by atoms with Gasteiger partial charge >= 0.3 is 29.6 Å². The molecule has 0 amide bonds. The first kappa shape index (κ1) is 26.7. The molecule has 0 fully saturated rings. The maximum absolute atomic E-state index is 14.4. The van der Waals surface area contributed by atoms with Gasteiger partial charge in [-0.3, -0.25) is 4.79 Å². The van der Waals surface area contributed by atoms with Crippen LogP contribution in [0, 0.1) is 5.82 Å². The Hall–Kier alpha value is -3.31. The van der Waals surface area contributed by atoms with Gasteiger partial charge in [0.1, 0.15) is 24.2 Å². The van der Waals surface area contributed by atoms with E-state index in [1.165, 1.54) is 37.4 Å². The van der Waals surface area contributed by atoms with Crippen LogP contribution in [-0.2, 0) is 11.2 Å². The maximum atomic E-state index is 14.4. The zero-order valence-corrected chi connectivity index (χ0v) is 22.8. The molecule has 37 heavy (non-hydrogen) atoms. The maximum Gasteiger partial charge on any atom is 1.00 e. The van der Waals surface area contributed by atoms with E-state index in [-0.39, 0.29) is 64.0 Å². The van der Waals surface area contributed by atoms with E-state index < -0.39 is 17.6 Å². The van der Waals surface area contributed by atoms with Gasteiger partial charge in [0, 0.05) is 23.1 Å². The molecule has 1 aliphatic rings. The van der Waals surface area contributed by atoms with E-state index in [1.807, 2.05) is 0 Å². The molecule has 0 radical (unpaired) electrons. The Morgan fingerprint density at radius 3 is 2.43 bits per heavy atom. The zero-order valence-electron chi connectivity index (χ0n) is 19.9. The van der Waals surface area contributed by atoms with Crippen LogP contribution >= 0.6 is 11.7 Å². The van der Waals surface area contributed by atoms with Crippen molar-refractivity contribution in [1.29, 1.82) is 0 Å². The number of benzene rings is 3. The van der Waals surface area contributed by atoms with Gasteiger partial charge in [-0.25, -0.2) is 4.39 Å². The van der Waals surface area contributed by atoms with Gasteiger partial charge in [-0.2, -0.15) is 8.75 Å². The molecule has 0 spiro atoms. The molecule has 0 bridgehead atoms. The minimum absolute atomic E-state index is 0. The van der Waals surface area contributed by atoms with E-state index in [0.717, 1.165) is 11.7 Å². The number of fused-ring (bicyclic) bond motifs is 2. The topological polar surface area (TPSA) is 111 Å². The Morgan fingerprint density at radius 1 is 0.973 bits per heavy atom. The number of hydrogen-bond donors (Lipinski definition) is 0. The standard InChI is InChI=1S/C26H19FN2O6S.Na/c1-33-21-6-2-14(11-18(21)27)10-17(25(30)16-4-7-22-23(13-16)35-9-8-34-22)24(26(31)32)15-3-5-19-20(12-15)29-36-28-19;/h2-7,11-13H,8-10H2,1H3,(H,31,32);/q;+1/p-1/b24-17+;. The van der Waals surface area contributed by atoms with Gasteiger partial charge in [0.25, 0.3) is 0 Å². The molecule has 3 aromatic carbocycles. The Bertz CT molecular complexity index is 1540. The summed E-state index contributed by atoms with van der Waals surface area (Å²) in [6, 6.07) is 13.5. The van der Waals surface area contributed by atoms with Gasteiger partial charge in [-0.15, -0.1) is 0 Å². The van der Waals surface area contributed by atoms with Gasteiger partial charge in [-0.1, -0.05) is 12.1 Å². The fourth-order valence-corrected chi connectivity index (χ4v) is 4.54. The van der Waals surface area contributed by atoms with Gasteiger partial charge in [0.2, 0.25) is 0 Å². The molecular formula is C26H18FN2NaO6S. The van der Waals surface area contributed by atoms with Gasteiger partial charge < -0.3 is 24.1 Å². The molecular weight excluding hydrogens is 510 g/mol.